The highest BCUT2D eigenvalue weighted by Gasteiger charge is 2.46. The second-order valence-electron chi connectivity index (χ2n) is 5.81. The fourth-order valence-electron chi connectivity index (χ4n) is 2.86. The Morgan fingerprint density at radius 3 is 2.58 bits per heavy atom. The van der Waals surface area contributed by atoms with E-state index in [1.807, 2.05) is 17.5 Å². The molecule has 0 bridgehead atoms. The summed E-state index contributed by atoms with van der Waals surface area (Å²) in [6.45, 7) is 2.47. The van der Waals surface area contributed by atoms with E-state index in [4.69, 9.17) is 0 Å². The van der Waals surface area contributed by atoms with Crippen LogP contribution in [0.1, 0.15) is 18.2 Å². The first-order valence-electron chi connectivity index (χ1n) is 8.20. The van der Waals surface area contributed by atoms with Crippen molar-refractivity contribution in [2.24, 2.45) is 0 Å². The van der Waals surface area contributed by atoms with Crippen molar-refractivity contribution in [2.75, 3.05) is 11.4 Å². The topological polar surface area (TPSA) is 69.7 Å². The summed E-state index contributed by atoms with van der Waals surface area (Å²) < 4.78 is 13.2. The maximum atomic E-state index is 13.2. The lowest BCUT2D eigenvalue weighted by Crippen LogP contribution is -2.39. The SMILES string of the molecule is CCNC(=O)C[C@H]1C(=O)N(c2ccc(F)cc2)C(=O)N1Cc1cccs1. The number of benzene rings is 1. The van der Waals surface area contributed by atoms with E-state index in [1.165, 1.54) is 40.5 Å². The molecule has 1 aliphatic heterocycles. The van der Waals surface area contributed by atoms with Crippen LogP contribution < -0.4 is 10.2 Å². The molecule has 4 amide bonds. The summed E-state index contributed by atoms with van der Waals surface area (Å²) in [6.07, 6.45) is -0.110. The Bertz CT molecular complexity index is 808. The smallest absolute Gasteiger partial charge is 0.332 e. The molecule has 1 aliphatic rings. The monoisotopic (exact) mass is 375 g/mol. The summed E-state index contributed by atoms with van der Waals surface area (Å²) in [6, 6.07) is 7.47. The normalized spacial score (nSPS) is 17.1. The fourth-order valence-corrected chi connectivity index (χ4v) is 3.56. The number of carbonyl (C=O) groups excluding carboxylic acids is 3. The lowest BCUT2D eigenvalue weighted by atomic mass is 10.1. The summed E-state index contributed by atoms with van der Waals surface area (Å²) >= 11 is 1.47. The van der Waals surface area contributed by atoms with Crippen LogP contribution in [0.15, 0.2) is 41.8 Å². The Hall–Kier alpha value is -2.74. The molecular formula is C18H18FN3O3S. The maximum Gasteiger partial charge on any atom is 0.332 e. The lowest BCUT2D eigenvalue weighted by molar-refractivity contribution is -0.127. The molecule has 1 fully saturated rings. The zero-order valence-electron chi connectivity index (χ0n) is 14.1. The molecule has 0 aliphatic carbocycles. The molecular weight excluding hydrogens is 357 g/mol. The predicted octanol–water partition coefficient (Wildman–Crippen LogP) is 2.75. The quantitative estimate of drug-likeness (QED) is 0.790. The Labute approximate surface area is 154 Å². The Kier molecular flexibility index (Phi) is 5.32. The van der Waals surface area contributed by atoms with E-state index < -0.39 is 23.8 Å². The van der Waals surface area contributed by atoms with Crippen molar-refractivity contribution in [3.8, 4) is 0 Å². The van der Waals surface area contributed by atoms with Gasteiger partial charge in [-0.3, -0.25) is 9.59 Å². The van der Waals surface area contributed by atoms with Crippen LogP contribution in [0, 0.1) is 5.82 Å². The molecule has 136 valence electrons. The molecule has 1 saturated heterocycles. The van der Waals surface area contributed by atoms with Crippen LogP contribution >= 0.6 is 11.3 Å². The van der Waals surface area contributed by atoms with Crippen LogP contribution in [0.4, 0.5) is 14.9 Å². The van der Waals surface area contributed by atoms with Crippen molar-refractivity contribution < 1.29 is 18.8 Å². The second-order valence-corrected chi connectivity index (χ2v) is 6.85. The van der Waals surface area contributed by atoms with Gasteiger partial charge in [0.15, 0.2) is 0 Å². The molecule has 0 spiro atoms. The van der Waals surface area contributed by atoms with Gasteiger partial charge >= 0.3 is 6.03 Å². The van der Waals surface area contributed by atoms with Crippen LogP contribution in [-0.2, 0) is 16.1 Å². The molecule has 6 nitrogen and oxygen atoms in total. The van der Waals surface area contributed by atoms with Gasteiger partial charge in [-0.1, -0.05) is 6.07 Å². The highest BCUT2D eigenvalue weighted by atomic mass is 32.1. The number of hydrogen-bond acceptors (Lipinski definition) is 4. The number of rotatable bonds is 6. The number of halogens is 1. The molecule has 3 rings (SSSR count). The number of carbonyl (C=O) groups is 3. The van der Waals surface area contributed by atoms with Crippen molar-refractivity contribution in [1.29, 1.82) is 0 Å². The maximum absolute atomic E-state index is 13.2. The number of imide groups is 1. The third kappa shape index (κ3) is 3.60. The number of thiophene rings is 1. The van der Waals surface area contributed by atoms with Gasteiger partial charge in [-0.05, 0) is 42.6 Å². The Morgan fingerprint density at radius 2 is 1.96 bits per heavy atom. The standard InChI is InChI=1S/C18H18FN3O3S/c1-2-20-16(23)10-15-17(24)22(13-7-5-12(19)6-8-13)18(25)21(15)11-14-4-3-9-26-14/h3-9,15H,2,10-11H2,1H3,(H,20,23)/t15-/m0/s1. The summed E-state index contributed by atoms with van der Waals surface area (Å²) in [5.41, 5.74) is 0.288. The molecule has 2 aromatic rings. The molecule has 0 saturated carbocycles. The third-order valence-electron chi connectivity index (χ3n) is 4.06. The van der Waals surface area contributed by atoms with Crippen LogP contribution in [0.5, 0.6) is 0 Å². The average molecular weight is 375 g/mol. The Balaban J connectivity index is 1.90. The van der Waals surface area contributed by atoms with Crippen molar-refractivity contribution >= 4 is 34.9 Å². The molecule has 1 aromatic carbocycles. The largest absolute Gasteiger partial charge is 0.356 e. The van der Waals surface area contributed by atoms with E-state index >= 15 is 0 Å². The predicted molar refractivity (Wildman–Crippen MR) is 96.2 cm³/mol. The molecule has 0 unspecified atom stereocenters. The minimum absolute atomic E-state index is 0.110. The first-order chi connectivity index (χ1) is 12.5. The summed E-state index contributed by atoms with van der Waals surface area (Å²) in [4.78, 5) is 41.1. The number of nitrogens with one attached hydrogen (secondary N) is 1. The van der Waals surface area contributed by atoms with Crippen LogP contribution in [0.3, 0.4) is 0 Å². The minimum atomic E-state index is -0.888. The van der Waals surface area contributed by atoms with Gasteiger partial charge in [-0.2, -0.15) is 0 Å². The number of hydrogen-bond donors (Lipinski definition) is 1. The van der Waals surface area contributed by atoms with E-state index in [2.05, 4.69) is 5.32 Å². The van der Waals surface area contributed by atoms with Gasteiger partial charge in [0, 0.05) is 11.4 Å². The molecule has 0 radical (unpaired) electrons. The van der Waals surface area contributed by atoms with Gasteiger partial charge in [0.1, 0.15) is 11.9 Å². The van der Waals surface area contributed by atoms with Crippen LogP contribution in [-0.4, -0.2) is 35.3 Å². The Morgan fingerprint density at radius 1 is 1.23 bits per heavy atom. The fraction of sp³-hybridized carbons (Fsp3) is 0.278. The zero-order valence-corrected chi connectivity index (χ0v) is 15.0. The van der Waals surface area contributed by atoms with E-state index in [0.717, 1.165) is 9.78 Å². The number of amides is 4. The minimum Gasteiger partial charge on any atom is -0.356 e. The summed E-state index contributed by atoms with van der Waals surface area (Å²) in [5.74, 6) is -1.23. The van der Waals surface area contributed by atoms with Gasteiger partial charge in [-0.25, -0.2) is 14.1 Å². The number of nitrogens with zero attached hydrogens (tertiary/aromatic N) is 2. The summed E-state index contributed by atoms with van der Waals surface area (Å²) in [7, 11) is 0. The molecule has 8 heteroatoms. The molecule has 1 aromatic heterocycles. The van der Waals surface area contributed by atoms with Gasteiger partial charge in [0.05, 0.1) is 18.7 Å². The number of urea groups is 1. The summed E-state index contributed by atoms with van der Waals surface area (Å²) in [5, 5.41) is 4.54. The van der Waals surface area contributed by atoms with Crippen molar-refractivity contribution in [3.63, 3.8) is 0 Å². The lowest BCUT2D eigenvalue weighted by Gasteiger charge is -2.20. The highest BCUT2D eigenvalue weighted by Crippen LogP contribution is 2.29. The van der Waals surface area contributed by atoms with Crippen LogP contribution in [0.25, 0.3) is 0 Å². The second kappa shape index (κ2) is 7.65. The van der Waals surface area contributed by atoms with Crippen molar-refractivity contribution in [3.05, 3.63) is 52.5 Å². The van der Waals surface area contributed by atoms with Gasteiger partial charge in [-0.15, -0.1) is 11.3 Å². The van der Waals surface area contributed by atoms with Crippen molar-refractivity contribution in [1.82, 2.24) is 10.2 Å². The van der Waals surface area contributed by atoms with E-state index in [0.29, 0.717) is 6.54 Å². The van der Waals surface area contributed by atoms with Gasteiger partial charge < -0.3 is 10.2 Å². The molecule has 26 heavy (non-hydrogen) atoms. The van der Waals surface area contributed by atoms with Gasteiger partial charge in [0.2, 0.25) is 5.91 Å². The highest BCUT2D eigenvalue weighted by molar-refractivity contribution is 7.09. The van der Waals surface area contributed by atoms with E-state index in [-0.39, 0.29) is 24.6 Å². The third-order valence-corrected chi connectivity index (χ3v) is 4.92. The van der Waals surface area contributed by atoms with Crippen LogP contribution in [0.2, 0.25) is 0 Å². The first-order valence-corrected chi connectivity index (χ1v) is 9.08. The zero-order chi connectivity index (χ0) is 18.7. The van der Waals surface area contributed by atoms with E-state index in [1.54, 1.807) is 6.92 Å². The molecule has 2 heterocycles. The first kappa shape index (κ1) is 18.1. The van der Waals surface area contributed by atoms with Gasteiger partial charge in [0.25, 0.3) is 5.91 Å². The number of anilines is 1. The van der Waals surface area contributed by atoms with E-state index in [9.17, 15) is 18.8 Å². The average Bonchev–Trinajstić information content (AvgIpc) is 3.19. The molecule has 1 N–H and O–H groups in total. The molecule has 1 atom stereocenters. The van der Waals surface area contributed by atoms with Crippen molar-refractivity contribution in [2.45, 2.75) is 25.9 Å².